The monoisotopic (exact) mass is 441 g/mol. The van der Waals surface area contributed by atoms with Crippen molar-refractivity contribution in [3.63, 3.8) is 0 Å². The number of nitrogens with one attached hydrogen (secondary N) is 1. The number of hydrogen-bond donors (Lipinski definition) is 1. The Bertz CT molecular complexity index is 982. The highest BCUT2D eigenvalue weighted by Crippen LogP contribution is 2.29. The van der Waals surface area contributed by atoms with Gasteiger partial charge in [-0.3, -0.25) is 0 Å². The molecule has 2 nitrogen and oxygen atoms in total. The zero-order valence-corrected chi connectivity index (χ0v) is 18.8. The number of hydrogen-bond acceptors (Lipinski definition) is 2. The van der Waals surface area contributed by atoms with E-state index in [1.807, 2.05) is 24.3 Å². The first-order valence-corrected chi connectivity index (χ1v) is 10.9. The Morgan fingerprint density at radius 2 is 1.77 bits per heavy atom. The minimum Gasteiger partial charge on any atom is -0.489 e. The summed E-state index contributed by atoms with van der Waals surface area (Å²) in [7, 11) is 0. The van der Waals surface area contributed by atoms with Gasteiger partial charge in [0.1, 0.15) is 12.4 Å². The van der Waals surface area contributed by atoms with Crippen molar-refractivity contribution in [2.45, 2.75) is 45.3 Å². The van der Waals surface area contributed by atoms with Crippen LogP contribution < -0.4 is 10.1 Å². The van der Waals surface area contributed by atoms with Gasteiger partial charge in [-0.05, 0) is 73.2 Å². The first kappa shape index (κ1) is 22.7. The fourth-order valence-electron chi connectivity index (χ4n) is 3.97. The molecule has 1 N–H and O–H groups in total. The van der Waals surface area contributed by atoms with Crippen LogP contribution >= 0.6 is 24.0 Å². The number of rotatable bonds is 8. The minimum absolute atomic E-state index is 0. The van der Waals surface area contributed by atoms with Crippen LogP contribution in [0.5, 0.6) is 5.75 Å². The van der Waals surface area contributed by atoms with Crippen molar-refractivity contribution in [2.24, 2.45) is 0 Å². The van der Waals surface area contributed by atoms with Crippen molar-refractivity contribution in [2.75, 3.05) is 6.54 Å². The van der Waals surface area contributed by atoms with Crippen molar-refractivity contribution < 1.29 is 4.74 Å². The number of halogens is 2. The van der Waals surface area contributed by atoms with E-state index in [1.165, 1.54) is 42.0 Å². The van der Waals surface area contributed by atoms with Gasteiger partial charge in [-0.15, -0.1) is 12.4 Å². The lowest BCUT2D eigenvalue weighted by molar-refractivity contribution is 0.303. The van der Waals surface area contributed by atoms with E-state index < -0.39 is 0 Å². The zero-order valence-electron chi connectivity index (χ0n) is 17.2. The van der Waals surface area contributed by atoms with Gasteiger partial charge in [0.15, 0.2) is 0 Å². The second-order valence-corrected chi connectivity index (χ2v) is 8.15. The molecule has 0 bridgehead atoms. The minimum atomic E-state index is 0. The molecule has 0 aliphatic heterocycles. The Kier molecular flexibility index (Phi) is 8.62. The second kappa shape index (κ2) is 11.4. The van der Waals surface area contributed by atoms with Crippen LogP contribution in [0.15, 0.2) is 72.3 Å². The van der Waals surface area contributed by atoms with E-state index in [-0.39, 0.29) is 12.4 Å². The predicted octanol–water partition coefficient (Wildman–Crippen LogP) is 7.47. The molecule has 0 spiro atoms. The number of ether oxygens (including phenoxy) is 1. The summed E-state index contributed by atoms with van der Waals surface area (Å²) in [5.41, 5.74) is 3.96. The molecular formula is C26H29Cl2NO. The number of allylic oxidation sites excluding steroid dienone is 1. The molecule has 158 valence electrons. The van der Waals surface area contributed by atoms with Crippen LogP contribution in [0.1, 0.15) is 43.2 Å². The molecular weight excluding hydrogens is 413 g/mol. The summed E-state index contributed by atoms with van der Waals surface area (Å²) in [5, 5.41) is 6.90. The van der Waals surface area contributed by atoms with E-state index in [9.17, 15) is 0 Å². The van der Waals surface area contributed by atoms with Gasteiger partial charge in [0.2, 0.25) is 0 Å². The number of benzene rings is 3. The lowest BCUT2D eigenvalue weighted by Crippen LogP contribution is -2.16. The van der Waals surface area contributed by atoms with Crippen molar-refractivity contribution in [1.29, 1.82) is 0 Å². The average molecular weight is 442 g/mol. The SMILES string of the molecule is Cl.Clc1ccc(COc2ccc3ccccc3c2CNCCC2=CCCCC2)cc1. The van der Waals surface area contributed by atoms with E-state index in [0.29, 0.717) is 6.61 Å². The maximum Gasteiger partial charge on any atom is 0.124 e. The van der Waals surface area contributed by atoms with Crippen LogP contribution in [0.4, 0.5) is 0 Å². The van der Waals surface area contributed by atoms with Crippen LogP contribution in [0.2, 0.25) is 5.02 Å². The highest BCUT2D eigenvalue weighted by molar-refractivity contribution is 6.30. The fourth-order valence-corrected chi connectivity index (χ4v) is 4.10. The topological polar surface area (TPSA) is 21.3 Å². The molecule has 1 aliphatic carbocycles. The van der Waals surface area contributed by atoms with E-state index >= 15 is 0 Å². The molecule has 30 heavy (non-hydrogen) atoms. The van der Waals surface area contributed by atoms with Gasteiger partial charge < -0.3 is 10.1 Å². The van der Waals surface area contributed by atoms with Gasteiger partial charge >= 0.3 is 0 Å². The molecule has 4 rings (SSSR count). The largest absolute Gasteiger partial charge is 0.489 e. The quantitative estimate of drug-likeness (QED) is 0.289. The van der Waals surface area contributed by atoms with Gasteiger partial charge in [0.05, 0.1) is 0 Å². The summed E-state index contributed by atoms with van der Waals surface area (Å²) in [6, 6.07) is 20.6. The second-order valence-electron chi connectivity index (χ2n) is 7.71. The first-order valence-electron chi connectivity index (χ1n) is 10.6. The lowest BCUT2D eigenvalue weighted by Gasteiger charge is -2.16. The molecule has 0 aromatic heterocycles. The van der Waals surface area contributed by atoms with E-state index in [1.54, 1.807) is 5.57 Å². The third kappa shape index (κ3) is 6.01. The molecule has 0 saturated carbocycles. The molecule has 0 fully saturated rings. The van der Waals surface area contributed by atoms with E-state index in [4.69, 9.17) is 16.3 Å². The molecule has 3 aromatic rings. The van der Waals surface area contributed by atoms with Crippen LogP contribution in [-0.4, -0.2) is 6.54 Å². The first-order chi connectivity index (χ1) is 14.3. The van der Waals surface area contributed by atoms with Crippen molar-refractivity contribution in [1.82, 2.24) is 5.32 Å². The van der Waals surface area contributed by atoms with Gasteiger partial charge in [0, 0.05) is 17.1 Å². The number of fused-ring (bicyclic) bond motifs is 1. The predicted molar refractivity (Wildman–Crippen MR) is 130 cm³/mol. The molecule has 1 aliphatic rings. The summed E-state index contributed by atoms with van der Waals surface area (Å²) < 4.78 is 6.22. The normalized spacial score (nSPS) is 13.6. The Hall–Kier alpha value is -2.00. The standard InChI is InChI=1S/C26H28ClNO.ClH/c27-23-13-10-21(11-14-23)19-29-26-15-12-22-8-4-5-9-24(22)25(26)18-28-17-16-20-6-2-1-3-7-20;/h4-6,8-15,28H,1-3,7,16-19H2;1H. The smallest absolute Gasteiger partial charge is 0.124 e. The molecule has 0 amide bonds. The highest BCUT2D eigenvalue weighted by Gasteiger charge is 2.10. The molecule has 3 aromatic carbocycles. The highest BCUT2D eigenvalue weighted by atomic mass is 35.5. The van der Waals surface area contributed by atoms with Crippen molar-refractivity contribution in [3.8, 4) is 5.75 Å². The summed E-state index contributed by atoms with van der Waals surface area (Å²) in [6.07, 6.45) is 8.79. The van der Waals surface area contributed by atoms with Crippen LogP contribution in [0.25, 0.3) is 10.8 Å². The lowest BCUT2D eigenvalue weighted by atomic mass is 9.97. The maximum absolute atomic E-state index is 6.22. The molecule has 0 saturated heterocycles. The molecule has 0 unspecified atom stereocenters. The van der Waals surface area contributed by atoms with Gasteiger partial charge in [-0.1, -0.05) is 65.7 Å². The Balaban J connectivity index is 0.00000256. The zero-order chi connectivity index (χ0) is 19.9. The van der Waals surface area contributed by atoms with E-state index in [2.05, 4.69) is 47.8 Å². The Morgan fingerprint density at radius 3 is 2.57 bits per heavy atom. The van der Waals surface area contributed by atoms with Crippen molar-refractivity contribution >= 4 is 34.8 Å². The third-order valence-corrected chi connectivity index (χ3v) is 5.87. The third-order valence-electron chi connectivity index (χ3n) is 5.61. The molecule has 0 heterocycles. The van der Waals surface area contributed by atoms with Gasteiger partial charge in [-0.2, -0.15) is 0 Å². The fraction of sp³-hybridized carbons (Fsp3) is 0.308. The summed E-state index contributed by atoms with van der Waals surface area (Å²) in [6.45, 7) is 2.35. The molecule has 0 radical (unpaired) electrons. The summed E-state index contributed by atoms with van der Waals surface area (Å²) in [5.74, 6) is 0.947. The summed E-state index contributed by atoms with van der Waals surface area (Å²) >= 11 is 5.99. The van der Waals surface area contributed by atoms with Crippen LogP contribution in [-0.2, 0) is 13.2 Å². The molecule has 4 heteroatoms. The Morgan fingerprint density at radius 1 is 0.933 bits per heavy atom. The molecule has 0 atom stereocenters. The van der Waals surface area contributed by atoms with Crippen molar-refractivity contribution in [3.05, 3.63) is 88.5 Å². The van der Waals surface area contributed by atoms with Gasteiger partial charge in [-0.25, -0.2) is 0 Å². The van der Waals surface area contributed by atoms with Crippen LogP contribution in [0, 0.1) is 0 Å². The van der Waals surface area contributed by atoms with Gasteiger partial charge in [0.25, 0.3) is 0 Å². The van der Waals surface area contributed by atoms with E-state index in [0.717, 1.165) is 35.8 Å². The summed E-state index contributed by atoms with van der Waals surface area (Å²) in [4.78, 5) is 0. The van der Waals surface area contributed by atoms with Crippen LogP contribution in [0.3, 0.4) is 0 Å². The maximum atomic E-state index is 6.22. The Labute approximate surface area is 190 Å². The average Bonchev–Trinajstić information content (AvgIpc) is 2.77.